The van der Waals surface area contributed by atoms with Crippen molar-refractivity contribution in [2.75, 3.05) is 0 Å². The first kappa shape index (κ1) is 17.1. The van der Waals surface area contributed by atoms with Gasteiger partial charge in [0, 0.05) is 23.4 Å². The van der Waals surface area contributed by atoms with Gasteiger partial charge in [0.15, 0.2) is 0 Å². The largest absolute Gasteiger partial charge is 0.289 e. The van der Waals surface area contributed by atoms with E-state index in [1.54, 1.807) is 5.48 Å². The molecule has 4 heteroatoms. The predicted octanol–water partition coefficient (Wildman–Crippen LogP) is 4.43. The summed E-state index contributed by atoms with van der Waals surface area (Å²) in [5, 5.41) is 9.73. The molecule has 128 valence electrons. The summed E-state index contributed by atoms with van der Waals surface area (Å²) in [5.41, 5.74) is 4.97. The number of amides is 1. The van der Waals surface area contributed by atoms with Crippen LogP contribution in [0.2, 0.25) is 0 Å². The number of carbonyl (C=O) groups is 1. The van der Waals surface area contributed by atoms with Crippen LogP contribution in [-0.4, -0.2) is 16.1 Å². The number of benzene rings is 2. The van der Waals surface area contributed by atoms with E-state index in [9.17, 15) is 4.79 Å². The molecule has 0 saturated carbocycles. The molecule has 0 saturated heterocycles. The second-order valence-corrected chi connectivity index (χ2v) is 6.17. The maximum absolute atomic E-state index is 11.2. The van der Waals surface area contributed by atoms with Crippen molar-refractivity contribution in [1.82, 2.24) is 10.5 Å². The number of hydrogen-bond acceptors (Lipinski definition) is 3. The topological polar surface area (TPSA) is 62.2 Å². The zero-order valence-corrected chi connectivity index (χ0v) is 14.1. The zero-order valence-electron chi connectivity index (χ0n) is 14.1. The fraction of sp³-hybridized carbons (Fsp3) is 0.238. The molecule has 0 aliphatic carbocycles. The molecular weight excluding hydrogens is 312 g/mol. The molecule has 1 aromatic heterocycles. The molecule has 0 radical (unpaired) electrons. The molecule has 1 unspecified atom stereocenters. The molecule has 3 aromatic rings. The molecule has 1 atom stereocenters. The highest BCUT2D eigenvalue weighted by Gasteiger charge is 2.16. The predicted molar refractivity (Wildman–Crippen MR) is 98.4 cm³/mol. The summed E-state index contributed by atoms with van der Waals surface area (Å²) in [6.07, 6.45) is 2.88. The number of nitrogens with one attached hydrogen (secondary N) is 1. The van der Waals surface area contributed by atoms with Crippen molar-refractivity contribution in [3.63, 3.8) is 0 Å². The van der Waals surface area contributed by atoms with Crippen LogP contribution in [0.15, 0.2) is 66.7 Å². The summed E-state index contributed by atoms with van der Waals surface area (Å²) >= 11 is 0. The van der Waals surface area contributed by atoms with Crippen molar-refractivity contribution in [3.8, 4) is 0 Å². The molecule has 2 N–H and O–H groups in total. The highest BCUT2D eigenvalue weighted by molar-refractivity contribution is 5.78. The lowest BCUT2D eigenvalue weighted by atomic mass is 9.89. The Morgan fingerprint density at radius 3 is 2.52 bits per heavy atom. The van der Waals surface area contributed by atoms with Gasteiger partial charge in [-0.1, -0.05) is 61.0 Å². The van der Waals surface area contributed by atoms with Crippen LogP contribution in [0, 0.1) is 0 Å². The quantitative estimate of drug-likeness (QED) is 0.382. The van der Waals surface area contributed by atoms with E-state index in [-0.39, 0.29) is 11.8 Å². The maximum Gasteiger partial charge on any atom is 0.243 e. The van der Waals surface area contributed by atoms with Crippen molar-refractivity contribution in [2.45, 2.75) is 31.6 Å². The minimum Gasteiger partial charge on any atom is -0.289 e. The van der Waals surface area contributed by atoms with E-state index >= 15 is 0 Å². The number of aromatic nitrogens is 1. The zero-order chi connectivity index (χ0) is 17.5. The Morgan fingerprint density at radius 1 is 0.960 bits per heavy atom. The number of pyridine rings is 1. The van der Waals surface area contributed by atoms with Gasteiger partial charge in [-0.05, 0) is 30.5 Å². The third kappa shape index (κ3) is 4.43. The van der Waals surface area contributed by atoms with Crippen LogP contribution in [0.3, 0.4) is 0 Å². The lowest BCUT2D eigenvalue weighted by Crippen LogP contribution is -2.17. The van der Waals surface area contributed by atoms with Gasteiger partial charge in [0.25, 0.3) is 0 Å². The number of hydrogen-bond donors (Lipinski definition) is 2. The van der Waals surface area contributed by atoms with Crippen molar-refractivity contribution in [1.29, 1.82) is 0 Å². The Morgan fingerprint density at radius 2 is 1.72 bits per heavy atom. The number of rotatable bonds is 7. The average molecular weight is 334 g/mol. The molecule has 0 bridgehead atoms. The van der Waals surface area contributed by atoms with E-state index < -0.39 is 0 Å². The number of carbonyl (C=O) groups excluding carboxylic acids is 1. The van der Waals surface area contributed by atoms with Crippen LogP contribution >= 0.6 is 0 Å². The van der Waals surface area contributed by atoms with E-state index in [1.165, 1.54) is 5.56 Å². The summed E-state index contributed by atoms with van der Waals surface area (Å²) in [6, 6.07) is 22.7. The minimum absolute atomic E-state index is 0.197. The van der Waals surface area contributed by atoms with Crippen molar-refractivity contribution < 1.29 is 10.0 Å². The first-order valence-electron chi connectivity index (χ1n) is 8.61. The minimum atomic E-state index is -0.333. The van der Waals surface area contributed by atoms with Gasteiger partial charge in [-0.2, -0.15) is 0 Å². The van der Waals surface area contributed by atoms with E-state index in [0.29, 0.717) is 6.42 Å². The molecule has 1 heterocycles. The van der Waals surface area contributed by atoms with Gasteiger partial charge in [0.1, 0.15) is 0 Å². The van der Waals surface area contributed by atoms with Crippen LogP contribution in [0.25, 0.3) is 10.9 Å². The Labute approximate surface area is 147 Å². The smallest absolute Gasteiger partial charge is 0.243 e. The molecule has 0 aliphatic rings. The standard InChI is InChI=1S/C21H22N2O2/c24-21(23-25)13-7-5-11-18(16-8-2-1-3-9-16)20-15-14-17-10-4-6-12-19(17)22-20/h1-4,6,8-10,12,14-15,18,25H,5,7,11,13H2,(H,23,24). The lowest BCUT2D eigenvalue weighted by Gasteiger charge is -2.17. The van der Waals surface area contributed by atoms with Gasteiger partial charge < -0.3 is 0 Å². The van der Waals surface area contributed by atoms with Crippen molar-refractivity contribution in [3.05, 3.63) is 78.0 Å². The molecule has 0 aliphatic heterocycles. The van der Waals surface area contributed by atoms with Crippen LogP contribution in [0.1, 0.15) is 42.9 Å². The van der Waals surface area contributed by atoms with Gasteiger partial charge in [0.2, 0.25) is 5.91 Å². The van der Waals surface area contributed by atoms with E-state index in [1.807, 2.05) is 36.4 Å². The normalized spacial score (nSPS) is 12.0. The number of fused-ring (bicyclic) bond motifs is 1. The van der Waals surface area contributed by atoms with Gasteiger partial charge in [-0.25, -0.2) is 5.48 Å². The number of para-hydroxylation sites is 1. The fourth-order valence-electron chi connectivity index (χ4n) is 3.14. The van der Waals surface area contributed by atoms with Gasteiger partial charge in [0.05, 0.1) is 5.52 Å². The number of nitrogens with zero attached hydrogens (tertiary/aromatic N) is 1. The molecule has 3 rings (SSSR count). The average Bonchev–Trinajstić information content (AvgIpc) is 2.68. The molecule has 0 fully saturated rings. The molecule has 2 aromatic carbocycles. The molecule has 4 nitrogen and oxygen atoms in total. The Bertz CT molecular complexity index is 833. The molecule has 0 spiro atoms. The summed E-state index contributed by atoms with van der Waals surface area (Å²) in [6.45, 7) is 0. The first-order chi connectivity index (χ1) is 12.3. The van der Waals surface area contributed by atoms with E-state index in [2.05, 4.69) is 30.3 Å². The first-order valence-corrected chi connectivity index (χ1v) is 8.61. The second kappa shape index (κ2) is 8.40. The molecule has 1 amide bonds. The summed E-state index contributed by atoms with van der Waals surface area (Å²) < 4.78 is 0. The van der Waals surface area contributed by atoms with E-state index in [0.717, 1.165) is 35.9 Å². The van der Waals surface area contributed by atoms with Crippen molar-refractivity contribution >= 4 is 16.8 Å². The summed E-state index contributed by atoms with van der Waals surface area (Å²) in [4.78, 5) is 16.0. The number of hydroxylamine groups is 1. The summed E-state index contributed by atoms with van der Waals surface area (Å²) in [5.74, 6) is -0.136. The lowest BCUT2D eigenvalue weighted by molar-refractivity contribution is -0.129. The monoisotopic (exact) mass is 334 g/mol. The van der Waals surface area contributed by atoms with Crippen LogP contribution in [0.4, 0.5) is 0 Å². The highest BCUT2D eigenvalue weighted by atomic mass is 16.5. The Balaban J connectivity index is 1.81. The Hall–Kier alpha value is -2.72. The van der Waals surface area contributed by atoms with Crippen molar-refractivity contribution in [2.24, 2.45) is 0 Å². The van der Waals surface area contributed by atoms with Gasteiger partial charge in [-0.3, -0.25) is 15.0 Å². The highest BCUT2D eigenvalue weighted by Crippen LogP contribution is 2.30. The fourth-order valence-corrected chi connectivity index (χ4v) is 3.14. The second-order valence-electron chi connectivity index (χ2n) is 6.17. The van der Waals surface area contributed by atoms with Crippen LogP contribution < -0.4 is 5.48 Å². The van der Waals surface area contributed by atoms with Gasteiger partial charge in [-0.15, -0.1) is 0 Å². The van der Waals surface area contributed by atoms with Crippen LogP contribution in [-0.2, 0) is 4.79 Å². The third-order valence-electron chi connectivity index (χ3n) is 4.45. The van der Waals surface area contributed by atoms with Crippen LogP contribution in [0.5, 0.6) is 0 Å². The summed E-state index contributed by atoms with van der Waals surface area (Å²) in [7, 11) is 0. The maximum atomic E-state index is 11.2. The Kier molecular flexibility index (Phi) is 5.75. The third-order valence-corrected chi connectivity index (χ3v) is 4.45. The molecule has 25 heavy (non-hydrogen) atoms. The van der Waals surface area contributed by atoms with Gasteiger partial charge >= 0.3 is 0 Å². The molecular formula is C21H22N2O2. The van der Waals surface area contributed by atoms with E-state index in [4.69, 9.17) is 10.2 Å². The number of unbranched alkanes of at least 4 members (excludes halogenated alkanes) is 1. The SMILES string of the molecule is O=C(CCCCC(c1ccccc1)c1ccc2ccccc2n1)NO.